The smallest absolute Gasteiger partial charge is 0.387 e. The maximum atomic E-state index is 13.7. The molecule has 1 aliphatic carbocycles. The molecule has 7 nitrogen and oxygen atoms in total. The molecule has 3 aliphatic rings. The highest BCUT2D eigenvalue weighted by atomic mass is 35.5. The molecule has 2 fully saturated rings. The van der Waals surface area contributed by atoms with Crippen molar-refractivity contribution in [3.05, 3.63) is 57.7 Å². The van der Waals surface area contributed by atoms with E-state index in [1.807, 2.05) is 18.9 Å². The molecule has 2 unspecified atom stereocenters. The largest absolute Gasteiger partial charge is 0.482 e. The highest BCUT2D eigenvalue weighted by molar-refractivity contribution is 6.35. The van der Waals surface area contributed by atoms with Crippen LogP contribution in [-0.4, -0.2) is 40.4 Å². The van der Waals surface area contributed by atoms with Crippen molar-refractivity contribution in [1.29, 1.82) is 0 Å². The van der Waals surface area contributed by atoms with Crippen molar-refractivity contribution in [3.8, 4) is 28.4 Å². The number of nitrogens with zero attached hydrogens (tertiary/aromatic N) is 3. The Bertz CT molecular complexity index is 1420. The molecule has 208 valence electrons. The first-order valence-electron chi connectivity index (χ1n) is 12.5. The molecule has 0 radical (unpaired) electrons. The van der Waals surface area contributed by atoms with E-state index in [2.05, 4.69) is 10.2 Å². The van der Waals surface area contributed by atoms with Crippen molar-refractivity contribution in [1.82, 2.24) is 20.2 Å². The van der Waals surface area contributed by atoms with Crippen LogP contribution in [0.5, 0.6) is 11.5 Å². The fourth-order valence-electron chi connectivity index (χ4n) is 6.03. The van der Waals surface area contributed by atoms with Gasteiger partial charge in [0, 0.05) is 29.7 Å². The number of amides is 1. The molecule has 2 aromatic carbocycles. The topological polar surface area (TPSA) is 68.6 Å². The number of aromatic nitrogens is 2. The fourth-order valence-corrected chi connectivity index (χ4v) is 6.52. The van der Waals surface area contributed by atoms with Gasteiger partial charge in [-0.05, 0) is 68.9 Å². The summed E-state index contributed by atoms with van der Waals surface area (Å²) < 4.78 is 38.2. The molecule has 3 heterocycles. The fraction of sp³-hybridized carbons (Fsp3) is 0.407. The van der Waals surface area contributed by atoms with Crippen LogP contribution in [0.1, 0.15) is 49.2 Å². The van der Waals surface area contributed by atoms with Crippen LogP contribution in [-0.2, 0) is 5.60 Å². The van der Waals surface area contributed by atoms with Crippen LogP contribution in [0.15, 0.2) is 36.4 Å². The van der Waals surface area contributed by atoms with E-state index in [0.29, 0.717) is 50.1 Å². The Labute approximate surface area is 240 Å². The summed E-state index contributed by atoms with van der Waals surface area (Å²) in [6, 6.07) is 9.46. The summed E-state index contributed by atoms with van der Waals surface area (Å²) in [7, 11) is 0. The number of halogens is 5. The summed E-state index contributed by atoms with van der Waals surface area (Å²) in [5.74, 6) is 1.15. The van der Waals surface area contributed by atoms with E-state index >= 15 is 0 Å². The standard InChI is InChI=1S/C27H26Cl2F2N4O3.ClH/c1-27(2)22-23(25(36)33-34-12-14-4-3-5-15(14)13-34)32-35(20-9-6-16(28)10-19(20)29)24(22)18-8-7-17(37-26(30)31)11-21(18)38-27;/h6-11,14-15,26H,3-5,12-13H2,1-2H3,(H,33,36);1H. The Morgan fingerprint density at radius 3 is 2.54 bits per heavy atom. The van der Waals surface area contributed by atoms with Crippen LogP contribution in [0, 0.1) is 11.8 Å². The molecule has 1 N–H and O–H groups in total. The van der Waals surface area contributed by atoms with Crippen LogP contribution in [0.3, 0.4) is 0 Å². The zero-order valence-electron chi connectivity index (χ0n) is 21.2. The van der Waals surface area contributed by atoms with Gasteiger partial charge >= 0.3 is 6.61 Å². The third-order valence-corrected chi connectivity index (χ3v) is 8.16. The van der Waals surface area contributed by atoms with Gasteiger partial charge in [0.25, 0.3) is 5.91 Å². The minimum absolute atomic E-state index is 0. The lowest BCUT2D eigenvalue weighted by Crippen LogP contribution is -2.42. The number of hydrogen-bond donors (Lipinski definition) is 1. The van der Waals surface area contributed by atoms with Gasteiger partial charge in [-0.15, -0.1) is 12.4 Å². The molecular weight excluding hydrogens is 573 g/mol. The molecular formula is C27H27Cl3F2N4O3. The molecule has 12 heteroatoms. The molecule has 2 aliphatic heterocycles. The summed E-state index contributed by atoms with van der Waals surface area (Å²) in [5.41, 5.74) is 4.45. The van der Waals surface area contributed by atoms with Crippen LogP contribution in [0.25, 0.3) is 16.9 Å². The highest BCUT2D eigenvalue weighted by Crippen LogP contribution is 2.49. The summed E-state index contributed by atoms with van der Waals surface area (Å²) in [6.45, 7) is 2.28. The molecule has 0 spiro atoms. The normalized spacial score (nSPS) is 21.0. The van der Waals surface area contributed by atoms with Crippen molar-refractivity contribution in [3.63, 3.8) is 0 Å². The number of nitrogens with one attached hydrogen (secondary N) is 1. The number of fused-ring (bicyclic) bond motifs is 4. The number of carbonyl (C=O) groups excluding carboxylic acids is 1. The van der Waals surface area contributed by atoms with Gasteiger partial charge in [-0.25, -0.2) is 9.69 Å². The Kier molecular flexibility index (Phi) is 7.47. The SMILES string of the molecule is CC1(C)Oc2cc(OC(F)F)ccc2-c2c1c(C(=O)NN1CC3CCCC3C1)nn2-c1ccc(Cl)cc1Cl.Cl. The third kappa shape index (κ3) is 5.06. The molecule has 1 saturated heterocycles. The second-order valence-electron chi connectivity index (χ2n) is 10.5. The molecule has 6 rings (SSSR count). The lowest BCUT2D eigenvalue weighted by molar-refractivity contribution is -0.0500. The average molecular weight is 600 g/mol. The predicted molar refractivity (Wildman–Crippen MR) is 146 cm³/mol. The van der Waals surface area contributed by atoms with E-state index in [1.165, 1.54) is 31.4 Å². The highest BCUT2D eigenvalue weighted by Gasteiger charge is 2.43. The summed E-state index contributed by atoms with van der Waals surface area (Å²) >= 11 is 12.7. The molecule has 2 atom stereocenters. The minimum Gasteiger partial charge on any atom is -0.482 e. The number of rotatable bonds is 5. The van der Waals surface area contributed by atoms with Gasteiger partial charge in [0.15, 0.2) is 5.69 Å². The monoisotopic (exact) mass is 598 g/mol. The van der Waals surface area contributed by atoms with Gasteiger partial charge in [0.05, 0.1) is 22.0 Å². The van der Waals surface area contributed by atoms with E-state index < -0.39 is 12.2 Å². The van der Waals surface area contributed by atoms with Gasteiger partial charge in [0.1, 0.15) is 17.1 Å². The zero-order chi connectivity index (χ0) is 26.8. The second kappa shape index (κ2) is 10.4. The first kappa shape index (κ1) is 28.0. The quantitative estimate of drug-likeness (QED) is 0.347. The van der Waals surface area contributed by atoms with E-state index in [1.54, 1.807) is 28.9 Å². The minimum atomic E-state index is -2.97. The van der Waals surface area contributed by atoms with E-state index in [-0.39, 0.29) is 29.8 Å². The average Bonchev–Trinajstić information content (AvgIpc) is 3.52. The van der Waals surface area contributed by atoms with Gasteiger partial charge < -0.3 is 9.47 Å². The number of alkyl halides is 2. The first-order valence-corrected chi connectivity index (χ1v) is 13.3. The van der Waals surface area contributed by atoms with E-state index in [0.717, 1.165) is 13.1 Å². The van der Waals surface area contributed by atoms with Crippen LogP contribution < -0.4 is 14.9 Å². The van der Waals surface area contributed by atoms with E-state index in [9.17, 15) is 13.6 Å². The summed E-state index contributed by atoms with van der Waals surface area (Å²) in [5, 5.41) is 7.53. The zero-order valence-corrected chi connectivity index (χ0v) is 23.5. The van der Waals surface area contributed by atoms with Crippen molar-refractivity contribution in [2.75, 3.05) is 13.1 Å². The van der Waals surface area contributed by atoms with Crippen LogP contribution in [0.4, 0.5) is 8.78 Å². The van der Waals surface area contributed by atoms with Gasteiger partial charge in [-0.3, -0.25) is 10.2 Å². The lowest BCUT2D eigenvalue weighted by atomic mass is 9.88. The number of benzene rings is 2. The Hall–Kier alpha value is -2.59. The van der Waals surface area contributed by atoms with Crippen molar-refractivity contribution >= 4 is 41.5 Å². The van der Waals surface area contributed by atoms with Crippen LogP contribution >= 0.6 is 35.6 Å². The summed E-state index contributed by atoms with van der Waals surface area (Å²) in [4.78, 5) is 13.7. The Morgan fingerprint density at radius 2 is 1.87 bits per heavy atom. The Balaban J connectivity index is 0.00000308. The van der Waals surface area contributed by atoms with Crippen molar-refractivity contribution in [2.24, 2.45) is 11.8 Å². The number of hydrazine groups is 1. The second-order valence-corrected chi connectivity index (χ2v) is 11.4. The van der Waals surface area contributed by atoms with Crippen molar-refractivity contribution in [2.45, 2.75) is 45.3 Å². The Morgan fingerprint density at radius 1 is 1.15 bits per heavy atom. The molecule has 39 heavy (non-hydrogen) atoms. The van der Waals surface area contributed by atoms with Gasteiger partial charge in [0.2, 0.25) is 0 Å². The predicted octanol–water partition coefficient (Wildman–Crippen LogP) is 6.87. The molecule has 1 amide bonds. The summed E-state index contributed by atoms with van der Waals surface area (Å²) in [6.07, 6.45) is 3.61. The number of ether oxygens (including phenoxy) is 2. The van der Waals surface area contributed by atoms with Crippen LogP contribution in [0.2, 0.25) is 10.0 Å². The first-order chi connectivity index (χ1) is 18.1. The lowest BCUT2D eigenvalue weighted by Gasteiger charge is -2.34. The number of carbonyl (C=O) groups is 1. The maximum absolute atomic E-state index is 13.7. The van der Waals surface area contributed by atoms with Crippen molar-refractivity contribution < 1.29 is 23.0 Å². The van der Waals surface area contributed by atoms with Gasteiger partial charge in [-0.1, -0.05) is 29.6 Å². The molecule has 1 saturated carbocycles. The number of hydrogen-bond acceptors (Lipinski definition) is 5. The maximum Gasteiger partial charge on any atom is 0.387 e. The molecule has 0 bridgehead atoms. The third-order valence-electron chi connectivity index (χ3n) is 7.62. The molecule has 1 aromatic heterocycles. The van der Waals surface area contributed by atoms with E-state index in [4.69, 9.17) is 33.0 Å². The molecule has 3 aromatic rings. The van der Waals surface area contributed by atoms with Gasteiger partial charge in [-0.2, -0.15) is 13.9 Å².